The maximum absolute atomic E-state index is 5.82. The van der Waals surface area contributed by atoms with Crippen LogP contribution in [0.2, 0.25) is 0 Å². The van der Waals surface area contributed by atoms with E-state index in [4.69, 9.17) is 10.5 Å². The molecule has 0 saturated heterocycles. The molecule has 3 atom stereocenters. The molecule has 2 N–H and O–H groups in total. The number of anilines is 1. The number of hydrogen-bond donors (Lipinski definition) is 1. The zero-order chi connectivity index (χ0) is 15.0. The molecule has 21 heavy (non-hydrogen) atoms. The van der Waals surface area contributed by atoms with E-state index in [-0.39, 0.29) is 0 Å². The number of nitrogens with zero attached hydrogens (tertiary/aromatic N) is 4. The second-order valence-electron chi connectivity index (χ2n) is 5.89. The van der Waals surface area contributed by atoms with Gasteiger partial charge in [0.05, 0.1) is 18.7 Å². The summed E-state index contributed by atoms with van der Waals surface area (Å²) in [4.78, 5) is 0. The summed E-state index contributed by atoms with van der Waals surface area (Å²) < 4.78 is 7.37. The Hall–Kier alpha value is -2.11. The minimum Gasteiger partial charge on any atom is -0.496 e. The van der Waals surface area contributed by atoms with E-state index in [1.54, 1.807) is 13.2 Å². The van der Waals surface area contributed by atoms with Crippen LogP contribution in [0.25, 0.3) is 11.4 Å². The van der Waals surface area contributed by atoms with Gasteiger partial charge in [-0.25, -0.2) is 4.68 Å². The molecule has 6 heteroatoms. The normalized spacial score (nSPS) is 25.2. The molecule has 1 aromatic heterocycles. The molecule has 1 aromatic carbocycles. The van der Waals surface area contributed by atoms with Crippen LogP contribution in [0.5, 0.6) is 5.75 Å². The molecule has 3 rings (SSSR count). The Balaban J connectivity index is 2.04. The predicted molar refractivity (Wildman–Crippen MR) is 80.8 cm³/mol. The average Bonchev–Trinajstić information content (AvgIpc) is 3.07. The van der Waals surface area contributed by atoms with E-state index >= 15 is 0 Å². The largest absolute Gasteiger partial charge is 0.496 e. The Morgan fingerprint density at radius 2 is 2.10 bits per heavy atom. The molecular weight excluding hydrogens is 266 g/mol. The van der Waals surface area contributed by atoms with Crippen molar-refractivity contribution in [2.45, 2.75) is 32.7 Å². The minimum atomic E-state index is 0.340. The van der Waals surface area contributed by atoms with Crippen LogP contribution in [0.15, 0.2) is 18.2 Å². The summed E-state index contributed by atoms with van der Waals surface area (Å²) in [5.74, 6) is 2.70. The van der Waals surface area contributed by atoms with Gasteiger partial charge in [-0.15, -0.1) is 5.10 Å². The van der Waals surface area contributed by atoms with E-state index in [0.29, 0.717) is 29.3 Å². The Kier molecular flexibility index (Phi) is 3.53. The van der Waals surface area contributed by atoms with Crippen molar-refractivity contribution in [3.8, 4) is 17.1 Å². The van der Waals surface area contributed by atoms with Gasteiger partial charge in [-0.2, -0.15) is 0 Å². The van der Waals surface area contributed by atoms with Crippen molar-refractivity contribution >= 4 is 5.69 Å². The number of nitrogens with two attached hydrogens (primary N) is 1. The summed E-state index contributed by atoms with van der Waals surface area (Å²) in [5, 5.41) is 12.3. The Morgan fingerprint density at radius 3 is 2.76 bits per heavy atom. The van der Waals surface area contributed by atoms with E-state index in [0.717, 1.165) is 17.8 Å². The molecule has 0 spiro atoms. The third kappa shape index (κ3) is 2.34. The third-order valence-electron chi connectivity index (χ3n) is 4.70. The van der Waals surface area contributed by atoms with Crippen LogP contribution in [0.4, 0.5) is 5.69 Å². The highest BCUT2D eigenvalue weighted by atomic mass is 16.5. The number of nitrogen functional groups attached to an aromatic ring is 1. The first-order valence-electron chi connectivity index (χ1n) is 7.33. The summed E-state index contributed by atoms with van der Waals surface area (Å²) in [6.07, 6.45) is 2.32. The maximum Gasteiger partial charge on any atom is 0.186 e. The van der Waals surface area contributed by atoms with Gasteiger partial charge in [0.15, 0.2) is 5.82 Å². The molecule has 0 bridgehead atoms. The zero-order valence-electron chi connectivity index (χ0n) is 12.7. The van der Waals surface area contributed by atoms with E-state index in [9.17, 15) is 0 Å². The lowest BCUT2D eigenvalue weighted by Gasteiger charge is -2.19. The van der Waals surface area contributed by atoms with Crippen molar-refractivity contribution in [3.05, 3.63) is 18.2 Å². The second kappa shape index (κ2) is 5.35. The molecule has 2 aromatic rings. The van der Waals surface area contributed by atoms with Gasteiger partial charge in [-0.05, 0) is 47.2 Å². The van der Waals surface area contributed by atoms with Gasteiger partial charge < -0.3 is 10.5 Å². The number of rotatable bonds is 3. The Morgan fingerprint density at radius 1 is 1.29 bits per heavy atom. The fourth-order valence-corrected chi connectivity index (χ4v) is 3.17. The van der Waals surface area contributed by atoms with E-state index in [2.05, 4.69) is 29.4 Å². The van der Waals surface area contributed by atoms with Gasteiger partial charge in [0.1, 0.15) is 5.75 Å². The molecule has 1 aliphatic rings. The second-order valence-corrected chi connectivity index (χ2v) is 5.89. The monoisotopic (exact) mass is 287 g/mol. The third-order valence-corrected chi connectivity index (χ3v) is 4.70. The zero-order valence-corrected chi connectivity index (χ0v) is 12.7. The van der Waals surface area contributed by atoms with Crippen LogP contribution in [0.1, 0.15) is 32.7 Å². The van der Waals surface area contributed by atoms with Crippen molar-refractivity contribution in [1.29, 1.82) is 0 Å². The number of methoxy groups -OCH3 is 1. The molecule has 1 heterocycles. The fourth-order valence-electron chi connectivity index (χ4n) is 3.17. The highest BCUT2D eigenvalue weighted by Gasteiger charge is 2.34. The van der Waals surface area contributed by atoms with Crippen LogP contribution in [0.3, 0.4) is 0 Å². The van der Waals surface area contributed by atoms with Crippen LogP contribution in [-0.4, -0.2) is 27.3 Å². The van der Waals surface area contributed by atoms with Gasteiger partial charge >= 0.3 is 0 Å². The summed E-state index contributed by atoms with van der Waals surface area (Å²) in [5.41, 5.74) is 7.36. The highest BCUT2D eigenvalue weighted by molar-refractivity contribution is 5.67. The first-order valence-corrected chi connectivity index (χ1v) is 7.33. The average molecular weight is 287 g/mol. The molecule has 3 unspecified atom stereocenters. The quantitative estimate of drug-likeness (QED) is 0.878. The van der Waals surface area contributed by atoms with Crippen LogP contribution in [0, 0.1) is 11.8 Å². The molecule has 0 amide bonds. The predicted octanol–water partition coefficient (Wildman–Crippen LogP) is 2.54. The SMILES string of the molecule is COc1cc(N)ccc1-c1nnnn1C1CCC(C)C1C. The topological polar surface area (TPSA) is 78.8 Å². The lowest BCUT2D eigenvalue weighted by molar-refractivity contribution is 0.328. The van der Waals surface area contributed by atoms with Crippen molar-refractivity contribution < 1.29 is 4.74 Å². The van der Waals surface area contributed by atoms with Crippen LogP contribution >= 0.6 is 0 Å². The lowest BCUT2D eigenvalue weighted by Crippen LogP contribution is -2.17. The Bertz CT molecular complexity index is 639. The van der Waals surface area contributed by atoms with Crippen molar-refractivity contribution in [2.24, 2.45) is 11.8 Å². The lowest BCUT2D eigenvalue weighted by atomic mass is 9.97. The fraction of sp³-hybridized carbons (Fsp3) is 0.533. The van der Waals surface area contributed by atoms with Crippen LogP contribution < -0.4 is 10.5 Å². The first kappa shape index (κ1) is 13.9. The molecule has 1 saturated carbocycles. The Labute approximate surface area is 124 Å². The number of benzene rings is 1. The van der Waals surface area contributed by atoms with E-state index in [1.807, 2.05) is 16.8 Å². The minimum absolute atomic E-state index is 0.340. The van der Waals surface area contributed by atoms with Gasteiger partial charge in [0, 0.05) is 11.8 Å². The van der Waals surface area contributed by atoms with Crippen LogP contribution in [-0.2, 0) is 0 Å². The van der Waals surface area contributed by atoms with Crippen molar-refractivity contribution in [2.75, 3.05) is 12.8 Å². The first-order chi connectivity index (χ1) is 10.1. The molecule has 112 valence electrons. The summed E-state index contributed by atoms with van der Waals surface area (Å²) in [6, 6.07) is 5.90. The van der Waals surface area contributed by atoms with Gasteiger partial charge in [0.25, 0.3) is 0 Å². The highest BCUT2D eigenvalue weighted by Crippen LogP contribution is 2.41. The number of ether oxygens (including phenoxy) is 1. The molecule has 6 nitrogen and oxygen atoms in total. The standard InChI is InChI=1S/C15H21N5O/c1-9-4-7-13(10(9)2)20-15(17-18-19-20)12-6-5-11(16)8-14(12)21-3/h5-6,8-10,13H,4,7,16H2,1-3H3. The molecule has 0 aliphatic heterocycles. The molecular formula is C15H21N5O. The molecule has 0 radical (unpaired) electrons. The number of tetrazole rings is 1. The number of aromatic nitrogens is 4. The van der Waals surface area contributed by atoms with Gasteiger partial charge in [0.2, 0.25) is 0 Å². The number of hydrogen-bond acceptors (Lipinski definition) is 5. The molecule has 1 fully saturated rings. The summed E-state index contributed by atoms with van der Waals surface area (Å²) >= 11 is 0. The summed E-state index contributed by atoms with van der Waals surface area (Å²) in [7, 11) is 1.63. The van der Waals surface area contributed by atoms with E-state index < -0.39 is 0 Å². The van der Waals surface area contributed by atoms with Crippen molar-refractivity contribution in [3.63, 3.8) is 0 Å². The summed E-state index contributed by atoms with van der Waals surface area (Å²) in [6.45, 7) is 4.56. The smallest absolute Gasteiger partial charge is 0.186 e. The van der Waals surface area contributed by atoms with Gasteiger partial charge in [-0.1, -0.05) is 13.8 Å². The maximum atomic E-state index is 5.82. The van der Waals surface area contributed by atoms with Crippen molar-refractivity contribution in [1.82, 2.24) is 20.2 Å². The van der Waals surface area contributed by atoms with Gasteiger partial charge in [-0.3, -0.25) is 0 Å². The van der Waals surface area contributed by atoms with E-state index in [1.165, 1.54) is 6.42 Å². The molecule has 1 aliphatic carbocycles.